The van der Waals surface area contributed by atoms with E-state index in [4.69, 9.17) is 4.42 Å². The fourth-order valence-corrected chi connectivity index (χ4v) is 3.40. The van der Waals surface area contributed by atoms with Gasteiger partial charge in [-0.2, -0.15) is 5.10 Å². The molecule has 2 aromatic heterocycles. The van der Waals surface area contributed by atoms with Gasteiger partial charge < -0.3 is 9.32 Å². The summed E-state index contributed by atoms with van der Waals surface area (Å²) in [5.74, 6) is 1.10. The molecule has 0 aliphatic carbocycles. The number of amides is 1. The lowest BCUT2D eigenvalue weighted by Crippen LogP contribution is -2.50. The highest BCUT2D eigenvalue weighted by Gasteiger charge is 2.28. The second-order valence-electron chi connectivity index (χ2n) is 6.29. The zero-order valence-electron chi connectivity index (χ0n) is 14.3. The lowest BCUT2D eigenvalue weighted by Gasteiger charge is -2.35. The Morgan fingerprint density at radius 1 is 1.33 bits per heavy atom. The fraction of sp³-hybridized carbons (Fsp3) is 0.529. The van der Waals surface area contributed by atoms with Gasteiger partial charge in [-0.05, 0) is 48.8 Å². The number of nitrogens with zero attached hydrogens (tertiary/aromatic N) is 4. The summed E-state index contributed by atoms with van der Waals surface area (Å²) in [5.41, 5.74) is 1.90. The second-order valence-corrected chi connectivity index (χ2v) is 7.08. The Balaban J connectivity index is 1.59. The van der Waals surface area contributed by atoms with E-state index in [1.807, 2.05) is 42.5 Å². The summed E-state index contributed by atoms with van der Waals surface area (Å²) >= 11 is 3.53. The van der Waals surface area contributed by atoms with Gasteiger partial charge in [0.05, 0.1) is 28.7 Å². The van der Waals surface area contributed by atoms with Gasteiger partial charge in [-0.1, -0.05) is 0 Å². The number of aromatic nitrogens is 2. The van der Waals surface area contributed by atoms with Crippen molar-refractivity contribution in [1.29, 1.82) is 0 Å². The molecule has 1 amide bonds. The average molecular weight is 395 g/mol. The first-order chi connectivity index (χ1) is 11.5. The minimum Gasteiger partial charge on any atom is -0.468 e. The molecule has 0 spiro atoms. The average Bonchev–Trinajstić information content (AvgIpc) is 3.18. The van der Waals surface area contributed by atoms with Crippen LogP contribution < -0.4 is 0 Å². The van der Waals surface area contributed by atoms with Crippen LogP contribution in [0.3, 0.4) is 0 Å². The molecule has 0 radical (unpaired) electrons. The largest absolute Gasteiger partial charge is 0.468 e. The summed E-state index contributed by atoms with van der Waals surface area (Å²) in [6.45, 7) is 9.85. The van der Waals surface area contributed by atoms with Gasteiger partial charge in [-0.15, -0.1) is 0 Å². The molecule has 1 unspecified atom stereocenters. The van der Waals surface area contributed by atoms with Crippen molar-refractivity contribution in [3.63, 3.8) is 0 Å². The number of hydrogen-bond donors (Lipinski definition) is 0. The minimum atomic E-state index is -0.286. The molecule has 6 nitrogen and oxygen atoms in total. The molecule has 0 bridgehead atoms. The van der Waals surface area contributed by atoms with Crippen LogP contribution in [-0.2, 0) is 11.3 Å². The molecule has 0 N–H and O–H groups in total. The van der Waals surface area contributed by atoms with Crippen molar-refractivity contribution in [2.45, 2.75) is 33.4 Å². The molecule has 0 aromatic carbocycles. The SMILES string of the molecule is Cc1nn(C(C)C(=O)N2CCN(Cc3ccco3)CC2)c(C)c1Br. The third kappa shape index (κ3) is 3.42. The van der Waals surface area contributed by atoms with Gasteiger partial charge in [0, 0.05) is 26.2 Å². The van der Waals surface area contributed by atoms with Crippen molar-refractivity contribution in [2.24, 2.45) is 0 Å². The van der Waals surface area contributed by atoms with Gasteiger partial charge >= 0.3 is 0 Å². The van der Waals surface area contributed by atoms with Crippen molar-refractivity contribution >= 4 is 21.8 Å². The van der Waals surface area contributed by atoms with Crippen LogP contribution in [0, 0.1) is 13.8 Å². The molecule has 24 heavy (non-hydrogen) atoms. The Bertz CT molecular complexity index is 702. The lowest BCUT2D eigenvalue weighted by molar-refractivity contribution is -0.136. The number of rotatable bonds is 4. The van der Waals surface area contributed by atoms with Gasteiger partial charge in [0.1, 0.15) is 11.8 Å². The van der Waals surface area contributed by atoms with Crippen LogP contribution in [0.1, 0.15) is 30.1 Å². The molecule has 130 valence electrons. The van der Waals surface area contributed by atoms with Crippen LogP contribution in [0.15, 0.2) is 27.3 Å². The van der Waals surface area contributed by atoms with E-state index >= 15 is 0 Å². The quantitative estimate of drug-likeness (QED) is 0.799. The van der Waals surface area contributed by atoms with Crippen molar-refractivity contribution in [3.05, 3.63) is 40.0 Å². The molecule has 7 heteroatoms. The lowest BCUT2D eigenvalue weighted by atomic mass is 10.2. The second kappa shape index (κ2) is 7.11. The molecular formula is C17H23BrN4O2. The van der Waals surface area contributed by atoms with Crippen LogP contribution in [0.2, 0.25) is 0 Å². The summed E-state index contributed by atoms with van der Waals surface area (Å²) in [6.07, 6.45) is 1.70. The first-order valence-corrected chi connectivity index (χ1v) is 9.01. The number of carbonyl (C=O) groups excluding carboxylic acids is 1. The maximum atomic E-state index is 12.8. The highest BCUT2D eigenvalue weighted by Crippen LogP contribution is 2.24. The van der Waals surface area contributed by atoms with Crippen molar-refractivity contribution in [2.75, 3.05) is 26.2 Å². The van der Waals surface area contributed by atoms with Crippen LogP contribution >= 0.6 is 15.9 Å². The number of aryl methyl sites for hydroxylation is 1. The van der Waals surface area contributed by atoms with E-state index in [0.717, 1.165) is 54.3 Å². The van der Waals surface area contributed by atoms with E-state index in [-0.39, 0.29) is 11.9 Å². The van der Waals surface area contributed by atoms with Crippen molar-refractivity contribution in [1.82, 2.24) is 19.6 Å². The third-order valence-corrected chi connectivity index (χ3v) is 5.75. The molecule has 1 aliphatic heterocycles. The summed E-state index contributed by atoms with van der Waals surface area (Å²) in [4.78, 5) is 17.1. The molecule has 0 saturated carbocycles. The Morgan fingerprint density at radius 2 is 2.04 bits per heavy atom. The highest BCUT2D eigenvalue weighted by atomic mass is 79.9. The maximum absolute atomic E-state index is 12.8. The Hall–Kier alpha value is -1.60. The molecule has 3 rings (SSSR count). The maximum Gasteiger partial charge on any atom is 0.247 e. The highest BCUT2D eigenvalue weighted by molar-refractivity contribution is 9.10. The first-order valence-electron chi connectivity index (χ1n) is 8.22. The number of piperazine rings is 1. The van der Waals surface area contributed by atoms with E-state index in [1.54, 1.807) is 6.26 Å². The van der Waals surface area contributed by atoms with Crippen molar-refractivity contribution in [3.8, 4) is 0 Å². The number of halogens is 1. The normalized spacial score (nSPS) is 17.2. The van der Waals surface area contributed by atoms with E-state index in [1.165, 1.54) is 0 Å². The molecule has 1 fully saturated rings. The molecule has 3 heterocycles. The topological polar surface area (TPSA) is 54.5 Å². The summed E-state index contributed by atoms with van der Waals surface area (Å²) in [5, 5.41) is 4.49. The minimum absolute atomic E-state index is 0.130. The zero-order chi connectivity index (χ0) is 17.3. The predicted octanol–water partition coefficient (Wildman–Crippen LogP) is 2.76. The predicted molar refractivity (Wildman–Crippen MR) is 94.7 cm³/mol. The molecule has 1 saturated heterocycles. The monoisotopic (exact) mass is 394 g/mol. The van der Waals surface area contributed by atoms with E-state index < -0.39 is 0 Å². The summed E-state index contributed by atoms with van der Waals surface area (Å²) in [7, 11) is 0. The van der Waals surface area contributed by atoms with E-state index in [2.05, 4.69) is 25.9 Å². The molecule has 1 aliphatic rings. The zero-order valence-corrected chi connectivity index (χ0v) is 15.9. The van der Waals surface area contributed by atoms with Crippen LogP contribution in [0.4, 0.5) is 0 Å². The van der Waals surface area contributed by atoms with Crippen LogP contribution in [-0.4, -0.2) is 51.7 Å². The van der Waals surface area contributed by atoms with Crippen LogP contribution in [0.5, 0.6) is 0 Å². The standard InChI is InChI=1S/C17H23BrN4O2/c1-12-16(18)13(2)22(19-12)14(3)17(23)21-8-6-20(7-9-21)11-15-5-4-10-24-15/h4-5,10,14H,6-9,11H2,1-3H3. The smallest absolute Gasteiger partial charge is 0.247 e. The molecule has 2 aromatic rings. The Labute approximate surface area is 150 Å². The van der Waals surface area contributed by atoms with Gasteiger partial charge in [0.15, 0.2) is 0 Å². The fourth-order valence-electron chi connectivity index (χ4n) is 3.14. The number of hydrogen-bond acceptors (Lipinski definition) is 4. The van der Waals surface area contributed by atoms with Gasteiger partial charge in [0.25, 0.3) is 0 Å². The molecule has 1 atom stereocenters. The van der Waals surface area contributed by atoms with Gasteiger partial charge in [-0.25, -0.2) is 0 Å². The summed E-state index contributed by atoms with van der Waals surface area (Å²) < 4.78 is 8.19. The summed E-state index contributed by atoms with van der Waals surface area (Å²) in [6, 6.07) is 3.61. The van der Waals surface area contributed by atoms with Gasteiger partial charge in [0.2, 0.25) is 5.91 Å². The number of carbonyl (C=O) groups is 1. The van der Waals surface area contributed by atoms with Crippen molar-refractivity contribution < 1.29 is 9.21 Å². The Kier molecular flexibility index (Phi) is 5.10. The molecular weight excluding hydrogens is 372 g/mol. The van der Waals surface area contributed by atoms with Gasteiger partial charge in [-0.3, -0.25) is 14.4 Å². The van der Waals surface area contributed by atoms with E-state index in [9.17, 15) is 4.79 Å². The Morgan fingerprint density at radius 3 is 2.58 bits per heavy atom. The number of furan rings is 1. The van der Waals surface area contributed by atoms with E-state index in [0.29, 0.717) is 0 Å². The third-order valence-electron chi connectivity index (χ3n) is 4.60. The first kappa shape index (κ1) is 17.2. The van der Waals surface area contributed by atoms with Crippen LogP contribution in [0.25, 0.3) is 0 Å².